The number of anilines is 1. The van der Waals surface area contributed by atoms with Crippen molar-refractivity contribution in [1.29, 1.82) is 0 Å². The number of nitrogens with two attached hydrogens (primary N) is 1. The fourth-order valence-electron chi connectivity index (χ4n) is 2.10. The summed E-state index contributed by atoms with van der Waals surface area (Å²) in [6.45, 7) is 1.68. The van der Waals surface area contributed by atoms with Gasteiger partial charge in [-0.25, -0.2) is 13.6 Å². The summed E-state index contributed by atoms with van der Waals surface area (Å²) >= 11 is 0. The van der Waals surface area contributed by atoms with Gasteiger partial charge < -0.3 is 10.6 Å². The number of hydrogen-bond donors (Lipinski definition) is 3. The van der Waals surface area contributed by atoms with Gasteiger partial charge in [-0.3, -0.25) is 9.59 Å². The lowest BCUT2D eigenvalue weighted by Gasteiger charge is -2.10. The first kappa shape index (κ1) is 17.6. The summed E-state index contributed by atoms with van der Waals surface area (Å²) in [6.07, 6.45) is 0. The molecule has 2 aromatic rings. The highest BCUT2D eigenvalue weighted by atomic mass is 32.2. The average Bonchev–Trinajstić information content (AvgIpc) is 2.53. The second-order valence-corrected chi connectivity index (χ2v) is 6.70. The highest BCUT2D eigenvalue weighted by Crippen LogP contribution is 2.17. The molecule has 2 rings (SSSR count). The van der Waals surface area contributed by atoms with Crippen LogP contribution in [0.2, 0.25) is 0 Å². The predicted molar refractivity (Wildman–Crippen MR) is 90.3 cm³/mol. The maximum Gasteiger partial charge on any atom is 0.255 e. The van der Waals surface area contributed by atoms with E-state index in [1.807, 2.05) is 0 Å². The van der Waals surface area contributed by atoms with Crippen LogP contribution in [0.5, 0.6) is 0 Å². The molecule has 0 aromatic heterocycles. The van der Waals surface area contributed by atoms with Gasteiger partial charge in [-0.1, -0.05) is 12.1 Å². The summed E-state index contributed by atoms with van der Waals surface area (Å²) in [4.78, 5) is 23.9. The van der Waals surface area contributed by atoms with Crippen molar-refractivity contribution >= 4 is 27.5 Å². The fourth-order valence-corrected chi connectivity index (χ4v) is 2.64. The van der Waals surface area contributed by atoms with E-state index in [0.29, 0.717) is 16.8 Å². The highest BCUT2D eigenvalue weighted by molar-refractivity contribution is 7.89. The number of benzene rings is 2. The first-order valence-electron chi connectivity index (χ1n) is 6.99. The molecule has 24 heavy (non-hydrogen) atoms. The number of nitrogens with one attached hydrogen (secondary N) is 2. The van der Waals surface area contributed by atoms with Gasteiger partial charge in [-0.15, -0.1) is 0 Å². The van der Waals surface area contributed by atoms with Crippen molar-refractivity contribution < 1.29 is 18.0 Å². The van der Waals surface area contributed by atoms with Crippen LogP contribution in [0.25, 0.3) is 0 Å². The molecule has 2 amide bonds. The van der Waals surface area contributed by atoms with Crippen LogP contribution in [0, 0.1) is 6.92 Å². The molecule has 0 spiro atoms. The largest absolute Gasteiger partial charge is 0.355 e. The van der Waals surface area contributed by atoms with Crippen LogP contribution in [-0.2, 0) is 10.0 Å². The lowest BCUT2D eigenvalue weighted by Crippen LogP contribution is -2.19. The lowest BCUT2D eigenvalue weighted by molar-refractivity contribution is 0.0961. The Labute approximate surface area is 139 Å². The molecule has 0 saturated carbocycles. The van der Waals surface area contributed by atoms with Gasteiger partial charge in [0, 0.05) is 23.9 Å². The monoisotopic (exact) mass is 347 g/mol. The van der Waals surface area contributed by atoms with Gasteiger partial charge in [-0.05, 0) is 42.8 Å². The molecule has 4 N–H and O–H groups in total. The van der Waals surface area contributed by atoms with E-state index in [1.54, 1.807) is 25.1 Å². The predicted octanol–water partition coefficient (Wildman–Crippen LogP) is 1.25. The Kier molecular flexibility index (Phi) is 5.01. The molecule has 0 fully saturated rings. The van der Waals surface area contributed by atoms with Crippen molar-refractivity contribution in [3.05, 3.63) is 59.2 Å². The number of primary sulfonamides is 1. The van der Waals surface area contributed by atoms with E-state index in [2.05, 4.69) is 10.6 Å². The molecule has 0 aliphatic carbocycles. The van der Waals surface area contributed by atoms with Crippen LogP contribution in [-0.4, -0.2) is 27.3 Å². The van der Waals surface area contributed by atoms with Crippen LogP contribution in [0.4, 0.5) is 5.69 Å². The molecule has 0 aliphatic rings. The van der Waals surface area contributed by atoms with Crippen LogP contribution in [0.15, 0.2) is 47.4 Å². The van der Waals surface area contributed by atoms with Crippen LogP contribution < -0.4 is 15.8 Å². The molecule has 8 heteroatoms. The van der Waals surface area contributed by atoms with Crippen LogP contribution in [0.1, 0.15) is 26.3 Å². The molecule has 0 radical (unpaired) electrons. The smallest absolute Gasteiger partial charge is 0.255 e. The molecule has 0 unspecified atom stereocenters. The number of sulfonamides is 1. The van der Waals surface area contributed by atoms with Crippen molar-refractivity contribution in [2.75, 3.05) is 12.4 Å². The summed E-state index contributed by atoms with van der Waals surface area (Å²) in [7, 11) is -2.39. The number of aryl methyl sites for hydroxylation is 1. The van der Waals surface area contributed by atoms with E-state index in [-0.39, 0.29) is 16.4 Å². The third-order valence-electron chi connectivity index (χ3n) is 3.39. The number of amides is 2. The van der Waals surface area contributed by atoms with Crippen LogP contribution >= 0.6 is 0 Å². The van der Waals surface area contributed by atoms with Gasteiger partial charge in [0.25, 0.3) is 11.8 Å². The zero-order valence-electron chi connectivity index (χ0n) is 13.2. The lowest BCUT2D eigenvalue weighted by atomic mass is 10.1. The van der Waals surface area contributed by atoms with E-state index >= 15 is 0 Å². The molecule has 7 nitrogen and oxygen atoms in total. The Morgan fingerprint density at radius 3 is 2.38 bits per heavy atom. The molecular weight excluding hydrogens is 330 g/mol. The van der Waals surface area contributed by atoms with E-state index in [1.165, 1.54) is 31.3 Å². The molecule has 126 valence electrons. The third-order valence-corrected chi connectivity index (χ3v) is 4.30. The zero-order chi connectivity index (χ0) is 17.9. The average molecular weight is 347 g/mol. The van der Waals surface area contributed by atoms with Crippen molar-refractivity contribution in [2.45, 2.75) is 11.8 Å². The van der Waals surface area contributed by atoms with E-state index in [4.69, 9.17) is 5.14 Å². The van der Waals surface area contributed by atoms with Crippen LogP contribution in [0.3, 0.4) is 0 Å². The highest BCUT2D eigenvalue weighted by Gasteiger charge is 2.15. The van der Waals surface area contributed by atoms with Gasteiger partial charge in [0.2, 0.25) is 10.0 Å². The van der Waals surface area contributed by atoms with Gasteiger partial charge in [0.15, 0.2) is 0 Å². The summed E-state index contributed by atoms with van der Waals surface area (Å²) < 4.78 is 22.9. The number of carbonyl (C=O) groups excluding carboxylic acids is 2. The number of hydrogen-bond acceptors (Lipinski definition) is 4. The Hall–Kier alpha value is -2.71. The van der Waals surface area contributed by atoms with Gasteiger partial charge in [0.1, 0.15) is 0 Å². The normalized spacial score (nSPS) is 11.0. The standard InChI is InChI=1S/C16H17N3O4S/c1-10-6-7-13(24(17,22)23)9-14(10)16(21)19-12-5-3-4-11(8-12)15(20)18-2/h3-9H,1-2H3,(H,18,20)(H,19,21)(H2,17,22,23). The molecule has 0 heterocycles. The maximum atomic E-state index is 12.4. The number of rotatable bonds is 4. The number of carbonyl (C=O) groups is 2. The Morgan fingerprint density at radius 2 is 1.75 bits per heavy atom. The zero-order valence-corrected chi connectivity index (χ0v) is 14.0. The third kappa shape index (κ3) is 3.98. The summed E-state index contributed by atoms with van der Waals surface area (Å²) in [5.41, 5.74) is 1.60. The second kappa shape index (κ2) is 6.81. The Bertz CT molecular complexity index is 907. The first-order chi connectivity index (χ1) is 11.2. The fraction of sp³-hybridized carbons (Fsp3) is 0.125. The SMILES string of the molecule is CNC(=O)c1cccc(NC(=O)c2cc(S(N)(=O)=O)ccc2C)c1. The molecule has 0 atom stereocenters. The quantitative estimate of drug-likeness (QED) is 0.771. The van der Waals surface area contributed by atoms with Crippen molar-refractivity contribution in [3.8, 4) is 0 Å². The summed E-state index contributed by atoms with van der Waals surface area (Å²) in [5.74, 6) is -0.773. The Morgan fingerprint density at radius 1 is 1.04 bits per heavy atom. The minimum Gasteiger partial charge on any atom is -0.355 e. The van der Waals surface area contributed by atoms with E-state index in [9.17, 15) is 18.0 Å². The van der Waals surface area contributed by atoms with Crippen molar-refractivity contribution in [1.82, 2.24) is 5.32 Å². The molecule has 0 aliphatic heterocycles. The molecule has 0 saturated heterocycles. The topological polar surface area (TPSA) is 118 Å². The minimum atomic E-state index is -3.90. The maximum absolute atomic E-state index is 12.4. The van der Waals surface area contributed by atoms with Gasteiger partial charge in [0.05, 0.1) is 4.90 Å². The Balaban J connectivity index is 2.32. The van der Waals surface area contributed by atoms with Gasteiger partial charge in [-0.2, -0.15) is 0 Å². The molecule has 2 aromatic carbocycles. The van der Waals surface area contributed by atoms with E-state index in [0.717, 1.165) is 0 Å². The minimum absolute atomic E-state index is 0.141. The summed E-state index contributed by atoms with van der Waals surface area (Å²) in [5, 5.41) is 10.2. The first-order valence-corrected chi connectivity index (χ1v) is 8.54. The summed E-state index contributed by atoms with van der Waals surface area (Å²) in [6, 6.07) is 10.5. The second-order valence-electron chi connectivity index (χ2n) is 5.14. The van der Waals surface area contributed by atoms with Crippen molar-refractivity contribution in [2.24, 2.45) is 5.14 Å². The molecule has 0 bridgehead atoms. The van der Waals surface area contributed by atoms with E-state index < -0.39 is 15.9 Å². The van der Waals surface area contributed by atoms with Gasteiger partial charge >= 0.3 is 0 Å². The van der Waals surface area contributed by atoms with Crippen molar-refractivity contribution in [3.63, 3.8) is 0 Å². The molecular formula is C16H17N3O4S.